The Morgan fingerprint density at radius 2 is 2.10 bits per heavy atom. The fourth-order valence-corrected chi connectivity index (χ4v) is 4.21. The predicted octanol–water partition coefficient (Wildman–Crippen LogP) is 3.75. The highest BCUT2D eigenvalue weighted by Gasteiger charge is 2.41. The Kier molecular flexibility index (Phi) is 5.25. The van der Waals surface area contributed by atoms with Gasteiger partial charge >= 0.3 is 6.18 Å². The highest BCUT2D eigenvalue weighted by atomic mass is 19.4. The summed E-state index contributed by atoms with van der Waals surface area (Å²) >= 11 is 0. The van der Waals surface area contributed by atoms with Crippen LogP contribution in [0.3, 0.4) is 0 Å². The van der Waals surface area contributed by atoms with E-state index in [1.54, 1.807) is 22.0 Å². The molecule has 2 aliphatic rings. The number of carbonyl (C=O) groups excluding carboxylic acids is 1. The largest absolute Gasteiger partial charge is 0.389 e. The summed E-state index contributed by atoms with van der Waals surface area (Å²) in [5.41, 5.74) is 3.49. The lowest BCUT2D eigenvalue weighted by Gasteiger charge is -2.34. The minimum absolute atomic E-state index is 0.0835. The molecule has 2 bridgehead atoms. The molecule has 2 aromatic heterocycles. The van der Waals surface area contributed by atoms with Gasteiger partial charge in [-0.25, -0.2) is 9.97 Å². The third-order valence-corrected chi connectivity index (χ3v) is 5.54. The predicted molar refractivity (Wildman–Crippen MR) is 105 cm³/mol. The normalized spacial score (nSPS) is 21.0. The number of aryl methyl sites for hydroxylation is 2. The number of carbonyl (C=O) groups is 1. The summed E-state index contributed by atoms with van der Waals surface area (Å²) in [4.78, 5) is 23.0. The zero-order valence-electron chi connectivity index (χ0n) is 16.8. The molecule has 160 valence electrons. The van der Waals surface area contributed by atoms with E-state index in [2.05, 4.69) is 20.4 Å². The maximum Gasteiger partial charge on any atom is 0.389 e. The first-order valence-electron chi connectivity index (χ1n) is 9.88. The van der Waals surface area contributed by atoms with Gasteiger partial charge in [0, 0.05) is 31.9 Å². The smallest absolute Gasteiger partial charge is 0.333 e. The van der Waals surface area contributed by atoms with Crippen LogP contribution in [0.25, 0.3) is 5.57 Å². The van der Waals surface area contributed by atoms with Crippen molar-refractivity contribution >= 4 is 23.1 Å². The van der Waals surface area contributed by atoms with Gasteiger partial charge in [0.05, 0.1) is 30.0 Å². The van der Waals surface area contributed by atoms with Gasteiger partial charge in [0.25, 0.3) is 0 Å². The van der Waals surface area contributed by atoms with Gasteiger partial charge in [-0.15, -0.1) is 0 Å². The number of alkyl halides is 3. The lowest BCUT2D eigenvalue weighted by molar-refractivity contribution is -0.150. The highest BCUT2D eigenvalue weighted by Crippen LogP contribution is 2.39. The lowest BCUT2D eigenvalue weighted by Crippen LogP contribution is -2.43. The average Bonchev–Trinajstić information content (AvgIpc) is 3.20. The zero-order valence-corrected chi connectivity index (χ0v) is 16.8. The quantitative estimate of drug-likeness (QED) is 0.797. The molecule has 2 atom stereocenters. The third kappa shape index (κ3) is 4.31. The van der Waals surface area contributed by atoms with Crippen molar-refractivity contribution in [3.8, 4) is 0 Å². The molecule has 1 saturated heterocycles. The van der Waals surface area contributed by atoms with Gasteiger partial charge in [0.1, 0.15) is 0 Å². The van der Waals surface area contributed by atoms with Gasteiger partial charge in [-0.05, 0) is 37.3 Å². The van der Waals surface area contributed by atoms with E-state index < -0.39 is 24.9 Å². The van der Waals surface area contributed by atoms with Crippen LogP contribution in [0.1, 0.15) is 43.4 Å². The minimum Gasteiger partial charge on any atom is -0.333 e. The average molecular weight is 420 g/mol. The van der Waals surface area contributed by atoms with E-state index in [0.29, 0.717) is 12.4 Å². The Labute approximate surface area is 172 Å². The van der Waals surface area contributed by atoms with Crippen molar-refractivity contribution in [2.45, 2.75) is 57.3 Å². The van der Waals surface area contributed by atoms with E-state index in [1.807, 2.05) is 26.2 Å². The summed E-state index contributed by atoms with van der Waals surface area (Å²) in [7, 11) is 1.82. The van der Waals surface area contributed by atoms with E-state index in [4.69, 9.17) is 0 Å². The van der Waals surface area contributed by atoms with Crippen molar-refractivity contribution in [2.24, 2.45) is 7.05 Å². The van der Waals surface area contributed by atoms with Crippen molar-refractivity contribution in [1.29, 1.82) is 0 Å². The minimum atomic E-state index is -4.32. The molecule has 0 spiro atoms. The fraction of sp³-hybridized carbons (Fsp3) is 0.500. The first kappa shape index (κ1) is 20.4. The van der Waals surface area contributed by atoms with Crippen LogP contribution in [-0.2, 0) is 11.8 Å². The Balaban J connectivity index is 1.53. The summed E-state index contributed by atoms with van der Waals surface area (Å²) in [6, 6.07) is -0.261. The maximum absolute atomic E-state index is 12.5. The molecule has 1 fully saturated rings. The molecule has 4 rings (SSSR count). The summed E-state index contributed by atoms with van der Waals surface area (Å²) < 4.78 is 39.2. The molecule has 4 heterocycles. The van der Waals surface area contributed by atoms with E-state index in [1.165, 1.54) is 0 Å². The maximum atomic E-state index is 12.5. The molecule has 7 nitrogen and oxygen atoms in total. The molecule has 0 unspecified atom stereocenters. The van der Waals surface area contributed by atoms with Crippen LogP contribution in [0.5, 0.6) is 0 Å². The molecule has 2 aromatic rings. The molecule has 30 heavy (non-hydrogen) atoms. The summed E-state index contributed by atoms with van der Waals surface area (Å²) in [5.74, 6) is 0.0222. The number of nitrogens with one attached hydrogen (secondary N) is 1. The molecule has 1 amide bonds. The van der Waals surface area contributed by atoms with Crippen LogP contribution < -0.4 is 5.32 Å². The molecule has 10 heteroatoms. The van der Waals surface area contributed by atoms with Gasteiger partial charge in [-0.1, -0.05) is 6.08 Å². The van der Waals surface area contributed by atoms with Crippen LogP contribution in [0.15, 0.2) is 24.7 Å². The number of rotatable bonds is 5. The Morgan fingerprint density at radius 3 is 2.77 bits per heavy atom. The number of amides is 1. The van der Waals surface area contributed by atoms with Crippen molar-refractivity contribution in [3.63, 3.8) is 0 Å². The standard InChI is InChI=1S/C20H23F3N6O/c1-12-9-24-19(26-14-10-25-28(2)11-14)27-18(12)13-7-15-3-4-16(8-13)29(15)17(30)5-6-20(21,22)23/h7,9-11,15-16H,3-6,8H2,1-2H3,(H,24,26,27)/t15-,16+/m1/s1. The first-order valence-corrected chi connectivity index (χ1v) is 9.88. The van der Waals surface area contributed by atoms with Crippen molar-refractivity contribution < 1.29 is 18.0 Å². The van der Waals surface area contributed by atoms with Crippen LogP contribution in [-0.4, -0.2) is 48.8 Å². The number of aromatic nitrogens is 4. The molecule has 0 radical (unpaired) electrons. The summed E-state index contributed by atoms with van der Waals surface area (Å²) in [5, 5.41) is 7.23. The Bertz CT molecular complexity index is 983. The van der Waals surface area contributed by atoms with E-state index in [-0.39, 0.29) is 12.1 Å². The Morgan fingerprint density at radius 1 is 1.30 bits per heavy atom. The van der Waals surface area contributed by atoms with Crippen molar-refractivity contribution in [2.75, 3.05) is 5.32 Å². The number of hydrogen-bond donors (Lipinski definition) is 1. The van der Waals surface area contributed by atoms with Crippen LogP contribution in [0, 0.1) is 6.92 Å². The monoisotopic (exact) mass is 420 g/mol. The fourth-order valence-electron chi connectivity index (χ4n) is 4.21. The van der Waals surface area contributed by atoms with E-state index in [0.717, 1.165) is 35.4 Å². The molecule has 2 aliphatic heterocycles. The molecular weight excluding hydrogens is 397 g/mol. The molecule has 1 N–H and O–H groups in total. The molecular formula is C20H23F3N6O. The van der Waals surface area contributed by atoms with Gasteiger partial charge < -0.3 is 10.2 Å². The SMILES string of the molecule is Cc1cnc(Nc2cnn(C)c2)nc1C1=C[C@H]2CC[C@@H](C1)N2C(=O)CCC(F)(F)F. The van der Waals surface area contributed by atoms with Gasteiger partial charge in [-0.2, -0.15) is 18.3 Å². The number of anilines is 2. The Hall–Kier alpha value is -2.91. The topological polar surface area (TPSA) is 75.9 Å². The van der Waals surface area contributed by atoms with E-state index in [9.17, 15) is 18.0 Å². The van der Waals surface area contributed by atoms with Crippen molar-refractivity contribution in [3.05, 3.63) is 35.9 Å². The molecule has 0 aromatic carbocycles. The second-order valence-electron chi connectivity index (χ2n) is 7.86. The van der Waals surface area contributed by atoms with E-state index >= 15 is 0 Å². The number of fused-ring (bicyclic) bond motifs is 2. The van der Waals surface area contributed by atoms with Crippen LogP contribution >= 0.6 is 0 Å². The lowest BCUT2D eigenvalue weighted by atomic mass is 9.96. The van der Waals surface area contributed by atoms with Gasteiger partial charge in [0.15, 0.2) is 0 Å². The summed E-state index contributed by atoms with van der Waals surface area (Å²) in [6.45, 7) is 1.92. The number of hydrogen-bond acceptors (Lipinski definition) is 5. The number of halogens is 3. The molecule has 0 aliphatic carbocycles. The van der Waals surface area contributed by atoms with Gasteiger partial charge in [-0.3, -0.25) is 9.48 Å². The molecule has 0 saturated carbocycles. The van der Waals surface area contributed by atoms with Crippen LogP contribution in [0.4, 0.5) is 24.8 Å². The second-order valence-corrected chi connectivity index (χ2v) is 7.86. The zero-order chi connectivity index (χ0) is 21.5. The first-order chi connectivity index (χ1) is 14.2. The van der Waals surface area contributed by atoms with Gasteiger partial charge in [0.2, 0.25) is 11.9 Å². The van der Waals surface area contributed by atoms with Crippen molar-refractivity contribution in [1.82, 2.24) is 24.6 Å². The van der Waals surface area contributed by atoms with Crippen LogP contribution in [0.2, 0.25) is 0 Å². The third-order valence-electron chi connectivity index (χ3n) is 5.54. The summed E-state index contributed by atoms with van der Waals surface area (Å²) in [6.07, 6.45) is 3.45. The number of nitrogens with zero attached hydrogens (tertiary/aromatic N) is 5. The second kappa shape index (κ2) is 7.73. The highest BCUT2D eigenvalue weighted by molar-refractivity contribution is 5.80.